The molecule has 0 spiro atoms. The van der Waals surface area contributed by atoms with Crippen LogP contribution < -0.4 is 0 Å². The Morgan fingerprint density at radius 1 is 1.75 bits per heavy atom. The Bertz CT molecular complexity index is 370. The van der Waals surface area contributed by atoms with Gasteiger partial charge in [-0.15, -0.1) is 0 Å². The van der Waals surface area contributed by atoms with E-state index in [-0.39, 0.29) is 5.92 Å². The molecule has 1 saturated heterocycles. The summed E-state index contributed by atoms with van der Waals surface area (Å²) in [5.74, 6) is 0.0898. The molecule has 90 valence electrons. The van der Waals surface area contributed by atoms with Crippen molar-refractivity contribution in [2.24, 2.45) is 5.92 Å². The van der Waals surface area contributed by atoms with E-state index in [9.17, 15) is 5.11 Å². The number of ether oxygens (including phenoxy) is 1. The van der Waals surface area contributed by atoms with Crippen molar-refractivity contribution in [2.45, 2.75) is 32.4 Å². The van der Waals surface area contributed by atoms with E-state index in [1.54, 1.807) is 17.8 Å². The highest BCUT2D eigenvalue weighted by atomic mass is 35.5. The average Bonchev–Trinajstić information content (AvgIpc) is 2.85. The van der Waals surface area contributed by atoms with Gasteiger partial charge in [0.05, 0.1) is 23.5 Å². The zero-order valence-corrected chi connectivity index (χ0v) is 10.4. The van der Waals surface area contributed by atoms with Crippen molar-refractivity contribution < 1.29 is 9.84 Å². The molecule has 1 aromatic heterocycles. The lowest BCUT2D eigenvalue weighted by molar-refractivity contribution is -0.0171. The fourth-order valence-corrected chi connectivity index (χ4v) is 2.61. The normalized spacial score (nSPS) is 24.6. The number of hydrogen-bond acceptors (Lipinski definition) is 3. The number of rotatable bonds is 3. The summed E-state index contributed by atoms with van der Waals surface area (Å²) in [5, 5.41) is 15.3. The molecule has 16 heavy (non-hydrogen) atoms. The van der Waals surface area contributed by atoms with Gasteiger partial charge >= 0.3 is 0 Å². The monoisotopic (exact) mass is 244 g/mol. The van der Waals surface area contributed by atoms with Gasteiger partial charge in [0.15, 0.2) is 0 Å². The van der Waals surface area contributed by atoms with Crippen LogP contribution in [0.2, 0.25) is 5.02 Å². The lowest BCUT2D eigenvalue weighted by Gasteiger charge is -2.30. The molecule has 1 N–H and O–H groups in total. The standard InChI is InChI=1S/C11H17ClN2O2/c1-3-14-10(9(12)6-13-14)11(2,15)8-4-5-16-7-8/h6,8,15H,3-5,7H2,1-2H3. The van der Waals surface area contributed by atoms with Gasteiger partial charge in [0.1, 0.15) is 5.60 Å². The van der Waals surface area contributed by atoms with Crippen LogP contribution >= 0.6 is 11.6 Å². The molecule has 1 fully saturated rings. The highest BCUT2D eigenvalue weighted by Crippen LogP contribution is 2.37. The van der Waals surface area contributed by atoms with E-state index in [1.165, 1.54) is 0 Å². The van der Waals surface area contributed by atoms with Crippen LogP contribution in [0.15, 0.2) is 6.20 Å². The van der Waals surface area contributed by atoms with Gasteiger partial charge in [-0.25, -0.2) is 0 Å². The number of aromatic nitrogens is 2. The Labute approximate surface area is 100 Å². The summed E-state index contributed by atoms with van der Waals surface area (Å²) in [6.07, 6.45) is 2.45. The second-order valence-corrected chi connectivity index (χ2v) is 4.77. The molecule has 0 bridgehead atoms. The first-order chi connectivity index (χ1) is 7.57. The molecule has 1 aromatic rings. The predicted molar refractivity (Wildman–Crippen MR) is 61.4 cm³/mol. The summed E-state index contributed by atoms with van der Waals surface area (Å²) >= 11 is 6.10. The molecule has 2 atom stereocenters. The van der Waals surface area contributed by atoms with Crippen LogP contribution in [0.5, 0.6) is 0 Å². The Morgan fingerprint density at radius 3 is 3.06 bits per heavy atom. The molecular weight excluding hydrogens is 228 g/mol. The number of nitrogens with zero attached hydrogens (tertiary/aromatic N) is 2. The quantitative estimate of drug-likeness (QED) is 0.882. The Hall–Kier alpha value is -0.580. The third kappa shape index (κ3) is 1.85. The lowest BCUT2D eigenvalue weighted by Crippen LogP contribution is -2.35. The van der Waals surface area contributed by atoms with Gasteiger partial charge in [0.25, 0.3) is 0 Å². The molecule has 0 aliphatic carbocycles. The summed E-state index contributed by atoms with van der Waals surface area (Å²) in [6.45, 7) is 5.76. The van der Waals surface area contributed by atoms with Crippen molar-refractivity contribution in [1.29, 1.82) is 0 Å². The van der Waals surface area contributed by atoms with Crippen LogP contribution in [0.4, 0.5) is 0 Å². The Kier molecular flexibility index (Phi) is 3.24. The largest absolute Gasteiger partial charge is 0.383 e. The van der Waals surface area contributed by atoms with Crippen LogP contribution in [0.25, 0.3) is 0 Å². The van der Waals surface area contributed by atoms with Crippen LogP contribution in [0.1, 0.15) is 26.0 Å². The molecule has 0 amide bonds. The zero-order chi connectivity index (χ0) is 11.8. The SMILES string of the molecule is CCn1ncc(Cl)c1C(C)(O)C1CCOC1. The van der Waals surface area contributed by atoms with E-state index >= 15 is 0 Å². The fraction of sp³-hybridized carbons (Fsp3) is 0.727. The molecule has 2 unspecified atom stereocenters. The van der Waals surface area contributed by atoms with Gasteiger partial charge in [-0.1, -0.05) is 11.6 Å². The second kappa shape index (κ2) is 4.35. The summed E-state index contributed by atoms with van der Waals surface area (Å²) in [5.41, 5.74) is -0.271. The first kappa shape index (κ1) is 11.9. The maximum Gasteiger partial charge on any atom is 0.110 e. The first-order valence-corrected chi connectivity index (χ1v) is 5.97. The van der Waals surface area contributed by atoms with E-state index in [4.69, 9.17) is 16.3 Å². The minimum atomic E-state index is -0.972. The van der Waals surface area contributed by atoms with Gasteiger partial charge in [-0.2, -0.15) is 5.10 Å². The third-order valence-electron chi connectivity index (χ3n) is 3.30. The molecule has 1 aliphatic rings. The maximum absolute atomic E-state index is 10.6. The van der Waals surface area contributed by atoms with E-state index in [0.717, 1.165) is 6.42 Å². The van der Waals surface area contributed by atoms with Gasteiger partial charge in [-0.05, 0) is 20.3 Å². The predicted octanol–water partition coefficient (Wildman–Crippen LogP) is 1.80. The molecule has 0 aromatic carbocycles. The van der Waals surface area contributed by atoms with Crippen LogP contribution in [-0.2, 0) is 16.9 Å². The zero-order valence-electron chi connectivity index (χ0n) is 9.61. The third-order valence-corrected chi connectivity index (χ3v) is 3.57. The molecule has 0 radical (unpaired) electrons. The fourth-order valence-electron chi connectivity index (χ4n) is 2.28. The summed E-state index contributed by atoms with van der Waals surface area (Å²) in [7, 11) is 0. The summed E-state index contributed by atoms with van der Waals surface area (Å²) in [6, 6.07) is 0. The van der Waals surface area contributed by atoms with Gasteiger partial charge in [0, 0.05) is 19.1 Å². The number of halogens is 1. The average molecular weight is 245 g/mol. The minimum absolute atomic E-state index is 0.0898. The number of hydrogen-bond donors (Lipinski definition) is 1. The van der Waals surface area contributed by atoms with E-state index < -0.39 is 5.60 Å². The second-order valence-electron chi connectivity index (χ2n) is 4.36. The number of aliphatic hydroxyl groups is 1. The van der Waals surface area contributed by atoms with Gasteiger partial charge in [0.2, 0.25) is 0 Å². The van der Waals surface area contributed by atoms with Crippen molar-refractivity contribution >= 4 is 11.6 Å². The van der Waals surface area contributed by atoms with Crippen LogP contribution in [0.3, 0.4) is 0 Å². The van der Waals surface area contributed by atoms with Crippen LogP contribution in [0, 0.1) is 5.92 Å². The van der Waals surface area contributed by atoms with Crippen molar-refractivity contribution in [3.05, 3.63) is 16.9 Å². The smallest absolute Gasteiger partial charge is 0.110 e. The van der Waals surface area contributed by atoms with E-state index in [0.29, 0.717) is 30.5 Å². The molecule has 1 aliphatic heterocycles. The van der Waals surface area contributed by atoms with E-state index in [2.05, 4.69) is 5.10 Å². The van der Waals surface area contributed by atoms with Crippen molar-refractivity contribution in [1.82, 2.24) is 9.78 Å². The maximum atomic E-state index is 10.6. The Morgan fingerprint density at radius 2 is 2.50 bits per heavy atom. The topological polar surface area (TPSA) is 47.3 Å². The van der Waals surface area contributed by atoms with Gasteiger partial charge in [-0.3, -0.25) is 4.68 Å². The number of aryl methyl sites for hydroxylation is 1. The molecule has 2 heterocycles. The Balaban J connectivity index is 2.36. The summed E-state index contributed by atoms with van der Waals surface area (Å²) < 4.78 is 7.07. The highest BCUT2D eigenvalue weighted by Gasteiger charge is 2.40. The van der Waals surface area contributed by atoms with Crippen molar-refractivity contribution in [3.8, 4) is 0 Å². The van der Waals surface area contributed by atoms with Crippen molar-refractivity contribution in [2.75, 3.05) is 13.2 Å². The van der Waals surface area contributed by atoms with Crippen molar-refractivity contribution in [3.63, 3.8) is 0 Å². The molecule has 4 nitrogen and oxygen atoms in total. The minimum Gasteiger partial charge on any atom is -0.383 e. The first-order valence-electron chi connectivity index (χ1n) is 5.59. The molecule has 0 saturated carbocycles. The summed E-state index contributed by atoms with van der Waals surface area (Å²) in [4.78, 5) is 0. The molecular formula is C11H17ClN2O2. The highest BCUT2D eigenvalue weighted by molar-refractivity contribution is 6.31. The van der Waals surface area contributed by atoms with Gasteiger partial charge < -0.3 is 9.84 Å². The lowest BCUT2D eigenvalue weighted by atomic mass is 9.85. The van der Waals surface area contributed by atoms with E-state index in [1.807, 2.05) is 6.92 Å². The molecule has 2 rings (SSSR count). The molecule has 5 heteroatoms. The van der Waals surface area contributed by atoms with Crippen LogP contribution in [-0.4, -0.2) is 28.1 Å².